The fourth-order valence-electron chi connectivity index (χ4n) is 2.35. The predicted octanol–water partition coefficient (Wildman–Crippen LogP) is 4.79. The fourth-order valence-corrected chi connectivity index (χ4v) is 3.45. The average Bonchev–Trinajstić information content (AvgIpc) is 3.12. The number of aromatic nitrogens is 2. The molecule has 0 saturated heterocycles. The van der Waals surface area contributed by atoms with Gasteiger partial charge in [0.1, 0.15) is 11.6 Å². The van der Waals surface area contributed by atoms with Gasteiger partial charge in [0.15, 0.2) is 5.16 Å². The maximum Gasteiger partial charge on any atom is 0.237 e. The van der Waals surface area contributed by atoms with Crippen molar-refractivity contribution in [3.63, 3.8) is 0 Å². The van der Waals surface area contributed by atoms with Gasteiger partial charge in [-0.3, -0.25) is 9.36 Å². The van der Waals surface area contributed by atoms with Crippen LogP contribution in [0.2, 0.25) is 5.02 Å². The number of nitrogens with zero attached hydrogens (tertiary/aromatic N) is 2. The number of hydrogen-bond donors (Lipinski definition) is 1. The van der Waals surface area contributed by atoms with E-state index < -0.39 is 11.1 Å². The van der Waals surface area contributed by atoms with Crippen molar-refractivity contribution in [3.05, 3.63) is 65.7 Å². The van der Waals surface area contributed by atoms with Crippen molar-refractivity contribution in [2.24, 2.45) is 0 Å². The van der Waals surface area contributed by atoms with E-state index in [4.69, 9.17) is 16.3 Å². The van der Waals surface area contributed by atoms with Crippen LogP contribution in [0.25, 0.3) is 5.69 Å². The smallest absolute Gasteiger partial charge is 0.237 e. The minimum Gasteiger partial charge on any atom is -0.497 e. The number of imidazole rings is 1. The molecule has 8 heteroatoms. The van der Waals surface area contributed by atoms with E-state index in [1.165, 1.54) is 23.9 Å². The summed E-state index contributed by atoms with van der Waals surface area (Å²) in [5, 5.41) is 3.10. The summed E-state index contributed by atoms with van der Waals surface area (Å²) < 4.78 is 20.2. The highest BCUT2D eigenvalue weighted by molar-refractivity contribution is 8.00. The molecule has 0 aliphatic carbocycles. The molecule has 2 aromatic carbocycles. The summed E-state index contributed by atoms with van der Waals surface area (Å²) in [5.41, 5.74) is 1.28. The lowest BCUT2D eigenvalue weighted by atomic mass is 10.3. The number of nitrogens with one attached hydrogen (secondary N) is 1. The van der Waals surface area contributed by atoms with E-state index in [0.717, 1.165) is 17.5 Å². The summed E-state index contributed by atoms with van der Waals surface area (Å²) in [6, 6.07) is 11.4. The molecule has 0 aliphatic rings. The average molecular weight is 406 g/mol. The van der Waals surface area contributed by atoms with Gasteiger partial charge in [0.2, 0.25) is 5.91 Å². The molecule has 140 valence electrons. The van der Waals surface area contributed by atoms with Crippen LogP contribution in [-0.4, -0.2) is 27.8 Å². The van der Waals surface area contributed by atoms with Crippen LogP contribution >= 0.6 is 23.4 Å². The number of hydrogen-bond acceptors (Lipinski definition) is 4. The molecule has 5 nitrogen and oxygen atoms in total. The van der Waals surface area contributed by atoms with Gasteiger partial charge < -0.3 is 10.1 Å². The van der Waals surface area contributed by atoms with Crippen LogP contribution in [0.4, 0.5) is 10.1 Å². The van der Waals surface area contributed by atoms with E-state index in [1.54, 1.807) is 20.2 Å². The van der Waals surface area contributed by atoms with Crippen molar-refractivity contribution < 1.29 is 13.9 Å². The summed E-state index contributed by atoms with van der Waals surface area (Å²) >= 11 is 7.27. The summed E-state index contributed by atoms with van der Waals surface area (Å²) in [6.07, 6.45) is 3.50. The van der Waals surface area contributed by atoms with Crippen LogP contribution in [-0.2, 0) is 4.79 Å². The zero-order valence-corrected chi connectivity index (χ0v) is 16.2. The maximum absolute atomic E-state index is 13.1. The molecule has 0 radical (unpaired) electrons. The van der Waals surface area contributed by atoms with Crippen LogP contribution in [0.1, 0.15) is 6.92 Å². The minimum atomic E-state index is -0.457. The standard InChI is InChI=1S/C19H17ClFN3O2S/c1-12(18(25)23-17-8-3-13(21)11-16(17)20)27-19-22-9-10-24(19)14-4-6-15(26-2)7-5-14/h3-12H,1-2H3,(H,23,25)/t12-/m1/s1. The Kier molecular flexibility index (Phi) is 6.03. The molecule has 27 heavy (non-hydrogen) atoms. The van der Waals surface area contributed by atoms with Gasteiger partial charge in [0.25, 0.3) is 0 Å². The zero-order chi connectivity index (χ0) is 19.4. The number of amides is 1. The van der Waals surface area contributed by atoms with Crippen molar-refractivity contribution >= 4 is 35.0 Å². The molecule has 0 bridgehead atoms. The van der Waals surface area contributed by atoms with Crippen LogP contribution < -0.4 is 10.1 Å². The number of thioether (sulfide) groups is 1. The molecule has 1 aromatic heterocycles. The van der Waals surface area contributed by atoms with Gasteiger partial charge in [-0.25, -0.2) is 9.37 Å². The second kappa shape index (κ2) is 8.45. The van der Waals surface area contributed by atoms with Crippen LogP contribution in [0.15, 0.2) is 60.0 Å². The first-order chi connectivity index (χ1) is 13.0. The van der Waals surface area contributed by atoms with Crippen molar-refractivity contribution in [1.82, 2.24) is 9.55 Å². The highest BCUT2D eigenvalue weighted by Gasteiger charge is 2.19. The molecule has 0 fully saturated rings. The van der Waals surface area contributed by atoms with E-state index in [9.17, 15) is 9.18 Å². The lowest BCUT2D eigenvalue weighted by Gasteiger charge is -2.14. The van der Waals surface area contributed by atoms with Gasteiger partial charge in [-0.1, -0.05) is 23.4 Å². The minimum absolute atomic E-state index is 0.153. The van der Waals surface area contributed by atoms with Crippen LogP contribution in [0.3, 0.4) is 0 Å². The molecule has 3 rings (SSSR count). The third-order valence-corrected chi connectivity index (χ3v) is 5.19. The number of methoxy groups -OCH3 is 1. The number of carbonyl (C=O) groups is 1. The first-order valence-corrected chi connectivity index (χ1v) is 9.34. The SMILES string of the molecule is COc1ccc(-n2ccnc2S[C@H](C)C(=O)Nc2ccc(F)cc2Cl)cc1. The summed E-state index contributed by atoms with van der Waals surface area (Å²) in [5.74, 6) is 0.0525. The van der Waals surface area contributed by atoms with Crippen molar-refractivity contribution in [2.45, 2.75) is 17.3 Å². The summed E-state index contributed by atoms with van der Waals surface area (Å²) in [4.78, 5) is 16.8. The topological polar surface area (TPSA) is 56.2 Å². The normalized spacial score (nSPS) is 11.9. The molecule has 0 unspecified atom stereocenters. The Hall–Kier alpha value is -2.51. The second-order valence-electron chi connectivity index (χ2n) is 5.65. The number of benzene rings is 2. The van der Waals surface area contributed by atoms with E-state index >= 15 is 0 Å². The fraction of sp³-hybridized carbons (Fsp3) is 0.158. The molecular formula is C19H17ClFN3O2S. The molecule has 0 spiro atoms. The highest BCUT2D eigenvalue weighted by Crippen LogP contribution is 2.28. The molecule has 3 aromatic rings. The summed E-state index contributed by atoms with van der Waals surface area (Å²) in [7, 11) is 1.61. The Morgan fingerprint density at radius 2 is 2.04 bits per heavy atom. The maximum atomic E-state index is 13.1. The zero-order valence-electron chi connectivity index (χ0n) is 14.6. The molecule has 1 heterocycles. The van der Waals surface area contributed by atoms with E-state index in [0.29, 0.717) is 10.8 Å². The Morgan fingerprint density at radius 1 is 1.30 bits per heavy atom. The van der Waals surface area contributed by atoms with Crippen molar-refractivity contribution in [2.75, 3.05) is 12.4 Å². The van der Waals surface area contributed by atoms with Crippen LogP contribution in [0, 0.1) is 5.82 Å². The number of ether oxygens (including phenoxy) is 1. The largest absolute Gasteiger partial charge is 0.497 e. The Balaban J connectivity index is 1.71. The predicted molar refractivity (Wildman–Crippen MR) is 105 cm³/mol. The molecule has 1 N–H and O–H groups in total. The van der Waals surface area contributed by atoms with Gasteiger partial charge in [-0.15, -0.1) is 0 Å². The third kappa shape index (κ3) is 4.61. The second-order valence-corrected chi connectivity index (χ2v) is 7.37. The number of anilines is 1. The Morgan fingerprint density at radius 3 is 2.70 bits per heavy atom. The summed E-state index contributed by atoms with van der Waals surface area (Å²) in [6.45, 7) is 1.77. The van der Waals surface area contributed by atoms with Gasteiger partial charge in [-0.2, -0.15) is 0 Å². The van der Waals surface area contributed by atoms with Crippen molar-refractivity contribution in [3.8, 4) is 11.4 Å². The van der Waals surface area contributed by atoms with Crippen molar-refractivity contribution in [1.29, 1.82) is 0 Å². The highest BCUT2D eigenvalue weighted by atomic mass is 35.5. The van der Waals surface area contributed by atoms with Gasteiger partial charge >= 0.3 is 0 Å². The molecule has 0 aliphatic heterocycles. The van der Waals surface area contributed by atoms with Gasteiger partial charge in [-0.05, 0) is 49.4 Å². The van der Waals surface area contributed by atoms with Crippen LogP contribution in [0.5, 0.6) is 5.75 Å². The molecular weight excluding hydrogens is 389 g/mol. The van der Waals surface area contributed by atoms with Gasteiger partial charge in [0, 0.05) is 18.1 Å². The molecule has 0 saturated carbocycles. The molecule has 1 amide bonds. The van der Waals surface area contributed by atoms with Gasteiger partial charge in [0.05, 0.1) is 23.1 Å². The molecule has 1 atom stereocenters. The lowest BCUT2D eigenvalue weighted by molar-refractivity contribution is -0.115. The number of halogens is 2. The number of rotatable bonds is 6. The monoisotopic (exact) mass is 405 g/mol. The lowest BCUT2D eigenvalue weighted by Crippen LogP contribution is -2.23. The quantitative estimate of drug-likeness (QED) is 0.599. The van der Waals surface area contributed by atoms with E-state index in [1.807, 2.05) is 35.0 Å². The number of carbonyl (C=O) groups excluding carboxylic acids is 1. The first kappa shape index (κ1) is 19.3. The van der Waals surface area contributed by atoms with E-state index in [2.05, 4.69) is 10.3 Å². The first-order valence-electron chi connectivity index (χ1n) is 8.08. The Labute approximate surface area is 165 Å². The third-order valence-electron chi connectivity index (χ3n) is 3.80. The van der Waals surface area contributed by atoms with E-state index in [-0.39, 0.29) is 10.9 Å². The Bertz CT molecular complexity index is 946.